The number of amides is 4. The summed E-state index contributed by atoms with van der Waals surface area (Å²) in [5, 5.41) is 5.57. The van der Waals surface area contributed by atoms with Crippen LogP contribution < -0.4 is 10.6 Å². The molecule has 0 aromatic heterocycles. The normalized spacial score (nSPS) is 24.2. The number of carbonyl (C=O) groups excluding carboxylic acids is 3. The van der Waals surface area contributed by atoms with Crippen LogP contribution in [0.3, 0.4) is 0 Å². The van der Waals surface area contributed by atoms with Crippen LogP contribution in [0.4, 0.5) is 4.79 Å². The lowest BCUT2D eigenvalue weighted by Gasteiger charge is -2.22. The highest BCUT2D eigenvalue weighted by Crippen LogP contribution is 2.40. The molecule has 3 rings (SSSR count). The molecule has 2 N–H and O–H groups in total. The first-order valence-corrected chi connectivity index (χ1v) is 8.42. The lowest BCUT2D eigenvalue weighted by molar-refractivity contribution is -0.136. The summed E-state index contributed by atoms with van der Waals surface area (Å²) in [4.78, 5) is 37.9. The van der Waals surface area contributed by atoms with Crippen molar-refractivity contribution in [1.82, 2.24) is 15.5 Å². The van der Waals surface area contributed by atoms with Gasteiger partial charge in [0.05, 0.1) is 12.6 Å². The molecule has 2 atom stereocenters. The first-order chi connectivity index (χ1) is 11.9. The molecular formula is C18H23N3O4. The van der Waals surface area contributed by atoms with E-state index in [0.717, 1.165) is 23.3 Å². The van der Waals surface area contributed by atoms with Crippen LogP contribution in [-0.4, -0.2) is 48.5 Å². The van der Waals surface area contributed by atoms with Gasteiger partial charge in [0.1, 0.15) is 12.1 Å². The number of ether oxygens (including phenoxy) is 1. The van der Waals surface area contributed by atoms with Crippen LogP contribution in [0.15, 0.2) is 30.3 Å². The van der Waals surface area contributed by atoms with Crippen LogP contribution in [0.1, 0.15) is 31.4 Å². The molecule has 0 unspecified atom stereocenters. The highest BCUT2D eigenvalue weighted by atomic mass is 16.5. The van der Waals surface area contributed by atoms with Crippen molar-refractivity contribution in [3.63, 3.8) is 0 Å². The lowest BCUT2D eigenvalue weighted by atomic mass is 10.0. The summed E-state index contributed by atoms with van der Waals surface area (Å²) in [6, 6.07) is 9.11. The first kappa shape index (κ1) is 17.4. The minimum atomic E-state index is -1.12. The van der Waals surface area contributed by atoms with Crippen molar-refractivity contribution < 1.29 is 19.1 Å². The number of nitrogens with one attached hydrogen (secondary N) is 2. The fourth-order valence-corrected chi connectivity index (χ4v) is 3.20. The number of benzene rings is 1. The maximum absolute atomic E-state index is 12.5. The standard InChI is InChI=1S/C18H23N3O4/c1-18(11-25-2)16(23)21(17(24)20-18)10-14(22)19-15(13-8-9-13)12-6-4-3-5-7-12/h3-7,13,15H,8-11H2,1-2H3,(H,19,22)(H,20,24)/t15-,18-/m1/s1. The van der Waals surface area contributed by atoms with Gasteiger partial charge in [-0.2, -0.15) is 0 Å². The molecule has 1 heterocycles. The number of rotatable bonds is 7. The largest absolute Gasteiger partial charge is 0.382 e. The van der Waals surface area contributed by atoms with Gasteiger partial charge in [0.25, 0.3) is 5.91 Å². The highest BCUT2D eigenvalue weighted by Gasteiger charge is 2.48. The van der Waals surface area contributed by atoms with Gasteiger partial charge in [-0.25, -0.2) is 4.79 Å². The monoisotopic (exact) mass is 345 g/mol. The molecule has 7 heteroatoms. The Balaban J connectivity index is 1.66. The summed E-state index contributed by atoms with van der Waals surface area (Å²) in [6.45, 7) is 1.36. The maximum atomic E-state index is 12.5. The van der Waals surface area contributed by atoms with Gasteiger partial charge in [-0.1, -0.05) is 30.3 Å². The Morgan fingerprint density at radius 1 is 1.36 bits per heavy atom. The molecule has 1 aromatic carbocycles. The van der Waals surface area contributed by atoms with Crippen LogP contribution >= 0.6 is 0 Å². The first-order valence-electron chi connectivity index (χ1n) is 8.42. The summed E-state index contributed by atoms with van der Waals surface area (Å²) in [5.41, 5.74) is -0.0821. The minimum Gasteiger partial charge on any atom is -0.382 e. The SMILES string of the molecule is COC[C@@]1(C)NC(=O)N(CC(=O)N[C@H](c2ccccc2)C2CC2)C1=O. The van der Waals surface area contributed by atoms with Crippen LogP contribution in [0.25, 0.3) is 0 Å². The van der Waals surface area contributed by atoms with Gasteiger partial charge in [-0.3, -0.25) is 14.5 Å². The smallest absolute Gasteiger partial charge is 0.325 e. The zero-order chi connectivity index (χ0) is 18.0. The predicted molar refractivity (Wildman–Crippen MR) is 90.6 cm³/mol. The fourth-order valence-electron chi connectivity index (χ4n) is 3.20. The number of imide groups is 1. The van der Waals surface area contributed by atoms with Gasteiger partial charge in [0.2, 0.25) is 5.91 Å². The van der Waals surface area contributed by atoms with Crippen molar-refractivity contribution in [3.8, 4) is 0 Å². The van der Waals surface area contributed by atoms with Crippen molar-refractivity contribution in [2.45, 2.75) is 31.3 Å². The van der Waals surface area contributed by atoms with E-state index < -0.39 is 17.5 Å². The zero-order valence-corrected chi connectivity index (χ0v) is 14.5. The van der Waals surface area contributed by atoms with Gasteiger partial charge in [0, 0.05) is 7.11 Å². The quantitative estimate of drug-likeness (QED) is 0.727. The van der Waals surface area contributed by atoms with E-state index in [-0.39, 0.29) is 25.1 Å². The van der Waals surface area contributed by atoms with Crippen LogP contribution in [0.2, 0.25) is 0 Å². The molecule has 0 spiro atoms. The second-order valence-electron chi connectivity index (χ2n) is 6.88. The summed E-state index contributed by atoms with van der Waals surface area (Å²) in [6.07, 6.45) is 2.13. The number of nitrogens with zero attached hydrogens (tertiary/aromatic N) is 1. The Morgan fingerprint density at radius 3 is 2.64 bits per heavy atom. The molecule has 2 aliphatic rings. The predicted octanol–water partition coefficient (Wildman–Crippen LogP) is 1.21. The molecule has 134 valence electrons. The molecular weight excluding hydrogens is 322 g/mol. The number of hydrogen-bond donors (Lipinski definition) is 2. The fraction of sp³-hybridized carbons (Fsp3) is 0.500. The highest BCUT2D eigenvalue weighted by molar-refractivity contribution is 6.08. The maximum Gasteiger partial charge on any atom is 0.325 e. The molecule has 1 saturated heterocycles. The van der Waals surface area contributed by atoms with E-state index in [2.05, 4.69) is 10.6 Å². The molecule has 1 aliphatic carbocycles. The average Bonchev–Trinajstić information content (AvgIpc) is 3.39. The lowest BCUT2D eigenvalue weighted by Crippen LogP contribution is -2.48. The van der Waals surface area contributed by atoms with Crippen molar-refractivity contribution in [2.24, 2.45) is 5.92 Å². The van der Waals surface area contributed by atoms with Crippen molar-refractivity contribution in [1.29, 1.82) is 0 Å². The van der Waals surface area contributed by atoms with Crippen LogP contribution in [0, 0.1) is 5.92 Å². The van der Waals surface area contributed by atoms with E-state index in [1.807, 2.05) is 30.3 Å². The van der Waals surface area contributed by atoms with Crippen molar-refractivity contribution in [2.75, 3.05) is 20.3 Å². The summed E-state index contributed by atoms with van der Waals surface area (Å²) >= 11 is 0. The zero-order valence-electron chi connectivity index (χ0n) is 14.5. The molecule has 1 aliphatic heterocycles. The van der Waals surface area contributed by atoms with E-state index in [9.17, 15) is 14.4 Å². The molecule has 7 nitrogen and oxygen atoms in total. The molecule has 0 radical (unpaired) electrons. The van der Waals surface area contributed by atoms with Gasteiger partial charge >= 0.3 is 6.03 Å². The van der Waals surface area contributed by atoms with Gasteiger partial charge in [-0.05, 0) is 31.2 Å². The van der Waals surface area contributed by atoms with Gasteiger partial charge in [-0.15, -0.1) is 0 Å². The average molecular weight is 345 g/mol. The summed E-state index contributed by atoms with van der Waals surface area (Å²) in [5.74, 6) is -0.378. The van der Waals surface area contributed by atoms with E-state index in [4.69, 9.17) is 4.74 Å². The number of hydrogen-bond acceptors (Lipinski definition) is 4. The molecule has 1 aromatic rings. The number of methoxy groups -OCH3 is 1. The van der Waals surface area contributed by atoms with E-state index in [1.165, 1.54) is 7.11 Å². The van der Waals surface area contributed by atoms with E-state index in [1.54, 1.807) is 6.92 Å². The molecule has 1 saturated carbocycles. The Labute approximate surface area is 146 Å². The van der Waals surface area contributed by atoms with Crippen molar-refractivity contribution in [3.05, 3.63) is 35.9 Å². The minimum absolute atomic E-state index is 0.0599. The third kappa shape index (κ3) is 3.66. The number of urea groups is 1. The molecule has 4 amide bonds. The van der Waals surface area contributed by atoms with Gasteiger partial charge in [0.15, 0.2) is 0 Å². The third-order valence-electron chi connectivity index (χ3n) is 4.65. The molecule has 2 fully saturated rings. The second kappa shape index (κ2) is 6.84. The van der Waals surface area contributed by atoms with Crippen molar-refractivity contribution >= 4 is 17.8 Å². The molecule has 0 bridgehead atoms. The van der Waals surface area contributed by atoms with E-state index >= 15 is 0 Å². The Bertz CT molecular complexity index is 674. The van der Waals surface area contributed by atoms with Crippen LogP contribution in [-0.2, 0) is 14.3 Å². The Kier molecular flexibility index (Phi) is 4.76. The third-order valence-corrected chi connectivity index (χ3v) is 4.65. The second-order valence-corrected chi connectivity index (χ2v) is 6.88. The topological polar surface area (TPSA) is 87.7 Å². The van der Waals surface area contributed by atoms with Gasteiger partial charge < -0.3 is 15.4 Å². The molecule has 25 heavy (non-hydrogen) atoms. The van der Waals surface area contributed by atoms with Crippen LogP contribution in [0.5, 0.6) is 0 Å². The summed E-state index contributed by atoms with van der Waals surface area (Å²) < 4.78 is 5.00. The number of carbonyl (C=O) groups is 3. The van der Waals surface area contributed by atoms with E-state index in [0.29, 0.717) is 5.92 Å². The Hall–Kier alpha value is -2.41. The summed E-state index contributed by atoms with van der Waals surface area (Å²) in [7, 11) is 1.46. The Morgan fingerprint density at radius 2 is 2.04 bits per heavy atom.